The van der Waals surface area contributed by atoms with Crippen LogP contribution in [0.15, 0.2) is 30.3 Å². The second kappa shape index (κ2) is 6.32. The normalized spacial score (nSPS) is 27.1. The third-order valence-electron chi connectivity index (χ3n) is 3.49. The van der Waals surface area contributed by atoms with E-state index >= 15 is 0 Å². The standard InChI is InChI=1S/C15H24N2O/c1-12-9-17(10-13(2)18-12)11-15(16-3)14-7-5-4-6-8-14/h4-8,12-13,15-16H,9-11H2,1-3H3/t12-,13+,15?. The summed E-state index contributed by atoms with van der Waals surface area (Å²) in [5.41, 5.74) is 1.35. The van der Waals surface area contributed by atoms with Crippen molar-refractivity contribution in [2.24, 2.45) is 0 Å². The van der Waals surface area contributed by atoms with Crippen molar-refractivity contribution in [1.29, 1.82) is 0 Å². The highest BCUT2D eigenvalue weighted by atomic mass is 16.5. The Labute approximate surface area is 110 Å². The zero-order valence-electron chi connectivity index (χ0n) is 11.6. The molecule has 1 aliphatic rings. The molecule has 0 spiro atoms. The second-order valence-corrected chi connectivity index (χ2v) is 5.23. The van der Waals surface area contributed by atoms with Crippen molar-refractivity contribution in [3.8, 4) is 0 Å². The monoisotopic (exact) mass is 248 g/mol. The Bertz CT molecular complexity index is 345. The zero-order valence-corrected chi connectivity index (χ0v) is 11.6. The summed E-state index contributed by atoms with van der Waals surface area (Å²) in [7, 11) is 2.03. The molecule has 0 amide bonds. The SMILES string of the molecule is CNC(CN1C[C@@H](C)O[C@@H](C)C1)c1ccccc1. The van der Waals surface area contributed by atoms with E-state index in [0.717, 1.165) is 19.6 Å². The van der Waals surface area contributed by atoms with Crippen LogP contribution in [0.2, 0.25) is 0 Å². The number of benzene rings is 1. The van der Waals surface area contributed by atoms with E-state index in [0.29, 0.717) is 18.2 Å². The first-order valence-corrected chi connectivity index (χ1v) is 6.79. The highest BCUT2D eigenvalue weighted by Gasteiger charge is 2.24. The van der Waals surface area contributed by atoms with Crippen LogP contribution in [-0.2, 0) is 4.74 Å². The number of nitrogens with zero attached hydrogens (tertiary/aromatic N) is 1. The molecule has 3 nitrogen and oxygen atoms in total. The van der Waals surface area contributed by atoms with Crippen molar-refractivity contribution in [1.82, 2.24) is 10.2 Å². The van der Waals surface area contributed by atoms with Gasteiger partial charge in [0, 0.05) is 25.7 Å². The van der Waals surface area contributed by atoms with Crippen LogP contribution >= 0.6 is 0 Å². The largest absolute Gasteiger partial charge is 0.373 e. The van der Waals surface area contributed by atoms with Crippen molar-refractivity contribution in [2.45, 2.75) is 32.1 Å². The van der Waals surface area contributed by atoms with Crippen LogP contribution in [-0.4, -0.2) is 43.8 Å². The number of ether oxygens (including phenoxy) is 1. The average Bonchev–Trinajstić information content (AvgIpc) is 2.36. The van der Waals surface area contributed by atoms with Crippen molar-refractivity contribution in [3.05, 3.63) is 35.9 Å². The van der Waals surface area contributed by atoms with Gasteiger partial charge in [0.15, 0.2) is 0 Å². The van der Waals surface area contributed by atoms with E-state index in [2.05, 4.69) is 54.4 Å². The van der Waals surface area contributed by atoms with Gasteiger partial charge in [-0.15, -0.1) is 0 Å². The van der Waals surface area contributed by atoms with Gasteiger partial charge >= 0.3 is 0 Å². The van der Waals surface area contributed by atoms with Crippen molar-refractivity contribution < 1.29 is 4.74 Å². The molecule has 0 radical (unpaired) electrons. The fourth-order valence-electron chi connectivity index (χ4n) is 2.74. The molecule has 0 saturated carbocycles. The lowest BCUT2D eigenvalue weighted by atomic mass is 10.1. The first-order chi connectivity index (χ1) is 8.69. The number of morpholine rings is 1. The first-order valence-electron chi connectivity index (χ1n) is 6.79. The van der Waals surface area contributed by atoms with E-state index in [1.54, 1.807) is 0 Å². The number of rotatable bonds is 4. The van der Waals surface area contributed by atoms with Crippen LogP contribution in [0.4, 0.5) is 0 Å². The lowest BCUT2D eigenvalue weighted by molar-refractivity contribution is -0.0698. The van der Waals surface area contributed by atoms with Crippen molar-refractivity contribution >= 4 is 0 Å². The third-order valence-corrected chi connectivity index (χ3v) is 3.49. The molecule has 0 bridgehead atoms. The van der Waals surface area contributed by atoms with Gasteiger partial charge < -0.3 is 10.1 Å². The highest BCUT2D eigenvalue weighted by Crippen LogP contribution is 2.17. The fraction of sp³-hybridized carbons (Fsp3) is 0.600. The summed E-state index contributed by atoms with van der Waals surface area (Å²) in [5.74, 6) is 0. The lowest BCUT2D eigenvalue weighted by Gasteiger charge is -2.37. The predicted molar refractivity (Wildman–Crippen MR) is 74.7 cm³/mol. The minimum Gasteiger partial charge on any atom is -0.373 e. The van der Waals surface area contributed by atoms with Gasteiger partial charge in [0.25, 0.3) is 0 Å². The topological polar surface area (TPSA) is 24.5 Å². The molecule has 1 unspecified atom stereocenters. The van der Waals surface area contributed by atoms with Gasteiger partial charge in [-0.2, -0.15) is 0 Å². The molecule has 1 aromatic carbocycles. The molecule has 0 aliphatic carbocycles. The van der Waals surface area contributed by atoms with Gasteiger partial charge in [0.2, 0.25) is 0 Å². The Morgan fingerprint density at radius 1 is 1.22 bits per heavy atom. The molecule has 18 heavy (non-hydrogen) atoms. The molecule has 1 fully saturated rings. The van der Waals surface area contributed by atoms with Gasteiger partial charge in [-0.3, -0.25) is 4.90 Å². The maximum Gasteiger partial charge on any atom is 0.0678 e. The van der Waals surface area contributed by atoms with Crippen LogP contribution in [0.1, 0.15) is 25.5 Å². The summed E-state index contributed by atoms with van der Waals surface area (Å²) in [5, 5.41) is 3.41. The van der Waals surface area contributed by atoms with E-state index in [-0.39, 0.29) is 0 Å². The molecule has 3 heteroatoms. The summed E-state index contributed by atoms with van der Waals surface area (Å²) in [4.78, 5) is 2.49. The molecule has 1 N–H and O–H groups in total. The Morgan fingerprint density at radius 2 is 1.83 bits per heavy atom. The number of likely N-dealkylation sites (N-methyl/N-ethyl adjacent to an activating group) is 1. The van der Waals surface area contributed by atoms with Gasteiger partial charge in [-0.1, -0.05) is 30.3 Å². The van der Waals surface area contributed by atoms with Crippen LogP contribution in [0.5, 0.6) is 0 Å². The maximum atomic E-state index is 5.78. The predicted octanol–water partition coefficient (Wildman–Crippen LogP) is 2.06. The molecule has 1 heterocycles. The van der Waals surface area contributed by atoms with E-state index in [4.69, 9.17) is 4.74 Å². The van der Waals surface area contributed by atoms with Gasteiger partial charge in [-0.25, -0.2) is 0 Å². The van der Waals surface area contributed by atoms with E-state index in [1.807, 2.05) is 7.05 Å². The zero-order chi connectivity index (χ0) is 13.0. The molecule has 1 aliphatic heterocycles. The smallest absolute Gasteiger partial charge is 0.0678 e. The molecule has 1 saturated heterocycles. The third kappa shape index (κ3) is 3.55. The number of nitrogens with one attached hydrogen (secondary N) is 1. The summed E-state index contributed by atoms with van der Waals surface area (Å²) in [6.07, 6.45) is 0.670. The molecule has 100 valence electrons. The average molecular weight is 248 g/mol. The molecule has 2 rings (SSSR count). The van der Waals surface area contributed by atoms with Crippen LogP contribution < -0.4 is 5.32 Å². The Kier molecular flexibility index (Phi) is 4.75. The second-order valence-electron chi connectivity index (χ2n) is 5.23. The van der Waals surface area contributed by atoms with E-state index in [9.17, 15) is 0 Å². The molecule has 0 aromatic heterocycles. The van der Waals surface area contributed by atoms with Crippen molar-refractivity contribution in [2.75, 3.05) is 26.7 Å². The summed E-state index contributed by atoms with van der Waals surface area (Å²) < 4.78 is 5.78. The van der Waals surface area contributed by atoms with Gasteiger partial charge in [0.05, 0.1) is 12.2 Å². The number of hydrogen-bond donors (Lipinski definition) is 1. The van der Waals surface area contributed by atoms with Crippen LogP contribution in [0.3, 0.4) is 0 Å². The van der Waals surface area contributed by atoms with Crippen LogP contribution in [0, 0.1) is 0 Å². The van der Waals surface area contributed by atoms with Crippen molar-refractivity contribution in [3.63, 3.8) is 0 Å². The summed E-state index contributed by atoms with van der Waals surface area (Å²) in [6, 6.07) is 11.0. The van der Waals surface area contributed by atoms with E-state index < -0.39 is 0 Å². The Hall–Kier alpha value is -0.900. The molecule has 3 atom stereocenters. The minimum absolute atomic E-state index is 0.335. The summed E-state index contributed by atoms with van der Waals surface area (Å²) in [6.45, 7) is 7.39. The Morgan fingerprint density at radius 3 is 2.39 bits per heavy atom. The van der Waals surface area contributed by atoms with Crippen LogP contribution in [0.25, 0.3) is 0 Å². The maximum absolute atomic E-state index is 5.78. The van der Waals surface area contributed by atoms with E-state index in [1.165, 1.54) is 5.56 Å². The first kappa shape index (κ1) is 13.5. The molecule has 1 aromatic rings. The minimum atomic E-state index is 0.335. The molecular weight excluding hydrogens is 224 g/mol. The van der Waals surface area contributed by atoms with Gasteiger partial charge in [-0.05, 0) is 26.5 Å². The lowest BCUT2D eigenvalue weighted by Crippen LogP contribution is -2.47. The number of hydrogen-bond acceptors (Lipinski definition) is 3. The molecular formula is C15H24N2O. The summed E-state index contributed by atoms with van der Waals surface area (Å²) >= 11 is 0. The highest BCUT2D eigenvalue weighted by molar-refractivity contribution is 5.19. The quantitative estimate of drug-likeness (QED) is 0.882. The van der Waals surface area contributed by atoms with Gasteiger partial charge in [0.1, 0.15) is 0 Å². The fourth-order valence-corrected chi connectivity index (χ4v) is 2.74. The Balaban J connectivity index is 1.98.